The van der Waals surface area contributed by atoms with Crippen LogP contribution in [0.1, 0.15) is 62.1 Å². The van der Waals surface area contributed by atoms with Crippen molar-refractivity contribution in [1.29, 1.82) is 0 Å². The summed E-state index contributed by atoms with van der Waals surface area (Å²) >= 11 is 12.4. The number of benzene rings is 3. The van der Waals surface area contributed by atoms with E-state index in [0.717, 1.165) is 47.5 Å². The molecule has 1 saturated carbocycles. The van der Waals surface area contributed by atoms with Gasteiger partial charge < -0.3 is 10.2 Å². The van der Waals surface area contributed by atoms with Gasteiger partial charge in [-0.3, -0.25) is 13.9 Å². The summed E-state index contributed by atoms with van der Waals surface area (Å²) in [4.78, 5) is 29.5. The Hall–Kier alpha value is -3.07. The number of aryl methyl sites for hydroxylation is 2. The average molecular weight is 645 g/mol. The Bertz CT molecular complexity index is 1540. The van der Waals surface area contributed by atoms with Crippen molar-refractivity contribution in [3.8, 4) is 0 Å². The Morgan fingerprint density at radius 3 is 2.23 bits per heavy atom. The van der Waals surface area contributed by atoms with Crippen molar-refractivity contribution in [3.05, 3.63) is 93.5 Å². The zero-order chi connectivity index (χ0) is 31.1. The topological polar surface area (TPSA) is 86.8 Å². The van der Waals surface area contributed by atoms with Gasteiger partial charge in [0.2, 0.25) is 11.8 Å². The van der Waals surface area contributed by atoms with E-state index >= 15 is 0 Å². The summed E-state index contributed by atoms with van der Waals surface area (Å²) in [5.74, 6) is -0.750. The maximum atomic E-state index is 14.3. The lowest BCUT2D eigenvalue weighted by Gasteiger charge is -2.34. The van der Waals surface area contributed by atoms with E-state index < -0.39 is 28.5 Å². The van der Waals surface area contributed by atoms with Crippen LogP contribution in [-0.4, -0.2) is 43.8 Å². The minimum atomic E-state index is -4.13. The highest BCUT2D eigenvalue weighted by molar-refractivity contribution is 7.92. The lowest BCUT2D eigenvalue weighted by Crippen LogP contribution is -2.54. The monoisotopic (exact) mass is 643 g/mol. The third-order valence-electron chi connectivity index (χ3n) is 7.85. The first-order valence-electron chi connectivity index (χ1n) is 14.7. The van der Waals surface area contributed by atoms with Gasteiger partial charge in [-0.2, -0.15) is 0 Å². The van der Waals surface area contributed by atoms with E-state index in [-0.39, 0.29) is 23.4 Å². The van der Waals surface area contributed by atoms with Gasteiger partial charge in [-0.25, -0.2) is 8.42 Å². The quantitative estimate of drug-likeness (QED) is 0.242. The van der Waals surface area contributed by atoms with Gasteiger partial charge in [0.1, 0.15) is 12.6 Å². The largest absolute Gasteiger partial charge is 0.352 e. The molecule has 7 nitrogen and oxygen atoms in total. The standard InChI is InChI=1S/C33H39Cl2N3O4S/c1-4-31(33(40)36-26-10-6-5-7-11-26)37(21-25-15-18-29(34)30(35)20-25)32(39)22-38(27-12-8-9-24(3)19-27)43(41,42)28-16-13-23(2)14-17-28/h8-9,12-20,26,31H,4-7,10-11,21-22H2,1-3H3,(H,36,40)/t31-/m0/s1. The predicted molar refractivity (Wildman–Crippen MR) is 173 cm³/mol. The van der Waals surface area contributed by atoms with Gasteiger partial charge in [0.05, 0.1) is 20.6 Å². The molecule has 1 atom stereocenters. The molecule has 0 aromatic heterocycles. The molecule has 1 N–H and O–H groups in total. The summed E-state index contributed by atoms with van der Waals surface area (Å²) < 4.78 is 29.2. The number of hydrogen-bond acceptors (Lipinski definition) is 4. The van der Waals surface area contributed by atoms with E-state index in [0.29, 0.717) is 27.7 Å². The second-order valence-electron chi connectivity index (χ2n) is 11.2. The van der Waals surface area contributed by atoms with Crippen LogP contribution in [0.4, 0.5) is 5.69 Å². The molecule has 1 aliphatic carbocycles. The molecule has 43 heavy (non-hydrogen) atoms. The van der Waals surface area contributed by atoms with Crippen molar-refractivity contribution in [2.45, 2.75) is 82.8 Å². The lowest BCUT2D eigenvalue weighted by atomic mass is 9.95. The molecular formula is C33H39Cl2N3O4S. The number of carbonyl (C=O) groups excluding carboxylic acids is 2. The minimum absolute atomic E-state index is 0.0541. The third kappa shape index (κ3) is 8.31. The van der Waals surface area contributed by atoms with Gasteiger partial charge in [-0.1, -0.05) is 85.3 Å². The van der Waals surface area contributed by atoms with Gasteiger partial charge >= 0.3 is 0 Å². The zero-order valence-corrected chi connectivity index (χ0v) is 27.2. The number of nitrogens with zero attached hydrogens (tertiary/aromatic N) is 2. The molecule has 3 aromatic rings. The maximum Gasteiger partial charge on any atom is 0.264 e. The molecule has 0 heterocycles. The number of hydrogen-bond donors (Lipinski definition) is 1. The van der Waals surface area contributed by atoms with Crippen molar-refractivity contribution in [2.75, 3.05) is 10.8 Å². The van der Waals surface area contributed by atoms with Crippen LogP contribution >= 0.6 is 23.2 Å². The van der Waals surface area contributed by atoms with Crippen molar-refractivity contribution in [1.82, 2.24) is 10.2 Å². The minimum Gasteiger partial charge on any atom is -0.352 e. The molecule has 230 valence electrons. The summed E-state index contributed by atoms with van der Waals surface area (Å²) in [6.45, 7) is 5.15. The van der Waals surface area contributed by atoms with Crippen LogP contribution in [-0.2, 0) is 26.2 Å². The molecule has 0 saturated heterocycles. The fourth-order valence-electron chi connectivity index (χ4n) is 5.45. The molecule has 0 unspecified atom stereocenters. The fourth-order valence-corrected chi connectivity index (χ4v) is 7.17. The van der Waals surface area contributed by atoms with E-state index in [1.165, 1.54) is 17.0 Å². The van der Waals surface area contributed by atoms with Gasteiger partial charge in [-0.05, 0) is 80.6 Å². The van der Waals surface area contributed by atoms with Crippen LogP contribution in [0.3, 0.4) is 0 Å². The number of sulfonamides is 1. The van der Waals surface area contributed by atoms with Crippen LogP contribution < -0.4 is 9.62 Å². The summed E-state index contributed by atoms with van der Waals surface area (Å²) in [6, 6.07) is 17.9. The van der Waals surface area contributed by atoms with E-state index in [9.17, 15) is 18.0 Å². The van der Waals surface area contributed by atoms with Crippen molar-refractivity contribution in [3.63, 3.8) is 0 Å². The highest BCUT2D eigenvalue weighted by Crippen LogP contribution is 2.28. The molecule has 4 rings (SSSR count). The number of halogens is 2. The van der Waals surface area contributed by atoms with E-state index in [1.807, 2.05) is 26.8 Å². The van der Waals surface area contributed by atoms with Crippen LogP contribution in [0.5, 0.6) is 0 Å². The molecule has 0 bridgehead atoms. The summed E-state index contributed by atoms with van der Waals surface area (Å²) in [7, 11) is -4.13. The Morgan fingerprint density at radius 2 is 1.60 bits per heavy atom. The van der Waals surface area contributed by atoms with Gasteiger partial charge in [0, 0.05) is 12.6 Å². The SMILES string of the molecule is CC[C@@H](C(=O)NC1CCCCC1)N(Cc1ccc(Cl)c(Cl)c1)C(=O)CN(c1cccc(C)c1)S(=O)(=O)c1ccc(C)cc1. The summed E-state index contributed by atoms with van der Waals surface area (Å²) in [6.07, 6.45) is 5.40. The average Bonchev–Trinajstić information content (AvgIpc) is 2.98. The second-order valence-corrected chi connectivity index (χ2v) is 13.9. The van der Waals surface area contributed by atoms with Crippen LogP contribution in [0.2, 0.25) is 10.0 Å². The Morgan fingerprint density at radius 1 is 0.907 bits per heavy atom. The molecule has 3 aromatic carbocycles. The third-order valence-corrected chi connectivity index (χ3v) is 10.4. The van der Waals surface area contributed by atoms with Crippen molar-refractivity contribution < 1.29 is 18.0 Å². The molecule has 1 fully saturated rings. The van der Waals surface area contributed by atoms with Gasteiger partial charge in [-0.15, -0.1) is 0 Å². The fraction of sp³-hybridized carbons (Fsp3) is 0.394. The number of amides is 2. The Labute approximate surface area is 265 Å². The maximum absolute atomic E-state index is 14.3. The molecule has 10 heteroatoms. The van der Waals surface area contributed by atoms with Gasteiger partial charge in [0.15, 0.2) is 0 Å². The second kappa shape index (κ2) is 14.6. The van der Waals surface area contributed by atoms with Crippen molar-refractivity contribution in [2.24, 2.45) is 0 Å². The highest BCUT2D eigenvalue weighted by atomic mass is 35.5. The zero-order valence-electron chi connectivity index (χ0n) is 24.9. The van der Waals surface area contributed by atoms with Crippen LogP contribution in [0.15, 0.2) is 71.6 Å². The Kier molecular flexibility index (Phi) is 11.2. The molecular weight excluding hydrogens is 605 g/mol. The number of nitrogens with one attached hydrogen (secondary N) is 1. The normalized spacial score (nSPS) is 14.6. The molecule has 0 radical (unpaired) electrons. The first kappa shape index (κ1) is 32.8. The lowest BCUT2D eigenvalue weighted by molar-refractivity contribution is -0.140. The summed E-state index contributed by atoms with van der Waals surface area (Å²) in [5, 5.41) is 3.86. The van der Waals surface area contributed by atoms with Crippen LogP contribution in [0, 0.1) is 13.8 Å². The molecule has 1 aliphatic rings. The number of rotatable bonds is 11. The Balaban J connectivity index is 1.72. The van der Waals surface area contributed by atoms with Gasteiger partial charge in [0.25, 0.3) is 10.0 Å². The van der Waals surface area contributed by atoms with E-state index in [4.69, 9.17) is 23.2 Å². The highest BCUT2D eigenvalue weighted by Gasteiger charge is 2.34. The molecule has 0 spiro atoms. The van der Waals surface area contributed by atoms with E-state index in [1.54, 1.807) is 48.5 Å². The number of carbonyl (C=O) groups is 2. The molecule has 0 aliphatic heterocycles. The first-order valence-corrected chi connectivity index (χ1v) is 16.9. The van der Waals surface area contributed by atoms with Crippen LogP contribution in [0.25, 0.3) is 0 Å². The predicted octanol–water partition coefficient (Wildman–Crippen LogP) is 7.06. The van der Waals surface area contributed by atoms with Crippen molar-refractivity contribution >= 4 is 50.7 Å². The smallest absolute Gasteiger partial charge is 0.264 e. The van der Waals surface area contributed by atoms with E-state index in [2.05, 4.69) is 5.32 Å². The first-order chi connectivity index (χ1) is 20.5. The summed E-state index contributed by atoms with van der Waals surface area (Å²) in [5.41, 5.74) is 2.80. The molecule has 2 amide bonds. The number of anilines is 1.